The van der Waals surface area contributed by atoms with Crippen molar-refractivity contribution < 1.29 is 17.9 Å². The van der Waals surface area contributed by atoms with E-state index in [1.807, 2.05) is 37.3 Å². The summed E-state index contributed by atoms with van der Waals surface area (Å²) in [7, 11) is -3.47. The first-order chi connectivity index (χ1) is 14.5. The van der Waals surface area contributed by atoms with Gasteiger partial charge in [-0.25, -0.2) is 8.42 Å². The molecule has 1 aliphatic heterocycles. The average Bonchev–Trinajstić information content (AvgIpc) is 2.78. The van der Waals surface area contributed by atoms with E-state index in [-0.39, 0.29) is 5.91 Å². The number of piperidine rings is 1. The summed E-state index contributed by atoms with van der Waals surface area (Å²) in [5.41, 5.74) is 1.85. The van der Waals surface area contributed by atoms with Crippen LogP contribution in [0.1, 0.15) is 43.7 Å². The van der Waals surface area contributed by atoms with E-state index in [4.69, 9.17) is 4.74 Å². The second-order valence-corrected chi connectivity index (χ2v) is 9.40. The number of carbonyl (C=O) groups is 1. The van der Waals surface area contributed by atoms with Gasteiger partial charge in [0.15, 0.2) is 0 Å². The molecule has 0 unspecified atom stereocenters. The summed E-state index contributed by atoms with van der Waals surface area (Å²) < 4.78 is 32.6. The molecule has 0 aliphatic carbocycles. The second-order valence-electron chi connectivity index (χ2n) is 7.47. The minimum absolute atomic E-state index is 0.0619. The number of benzene rings is 2. The molecule has 1 aliphatic rings. The lowest BCUT2D eigenvalue weighted by molar-refractivity contribution is -0.121. The molecular formula is C23H30N2O4S. The molecule has 6 nitrogen and oxygen atoms in total. The second kappa shape index (κ2) is 10.6. The summed E-state index contributed by atoms with van der Waals surface area (Å²) >= 11 is 0. The van der Waals surface area contributed by atoms with Crippen LogP contribution in [0.5, 0.6) is 5.75 Å². The number of hydrogen-bond acceptors (Lipinski definition) is 4. The Bertz CT molecular complexity index is 936. The first-order valence-electron chi connectivity index (χ1n) is 10.6. The fourth-order valence-electron chi connectivity index (χ4n) is 3.54. The number of sulfonamides is 1. The van der Waals surface area contributed by atoms with Gasteiger partial charge in [0.2, 0.25) is 15.9 Å². The van der Waals surface area contributed by atoms with Gasteiger partial charge in [-0.2, -0.15) is 4.31 Å². The lowest BCUT2D eigenvalue weighted by atomic mass is 10.1. The third-order valence-electron chi connectivity index (χ3n) is 5.22. The lowest BCUT2D eigenvalue weighted by Crippen LogP contribution is -2.35. The van der Waals surface area contributed by atoms with Gasteiger partial charge in [0.1, 0.15) is 5.75 Å². The van der Waals surface area contributed by atoms with Gasteiger partial charge in [0, 0.05) is 26.1 Å². The normalized spacial score (nSPS) is 15.0. The molecule has 1 N–H and O–H groups in total. The molecule has 0 radical (unpaired) electrons. The molecule has 30 heavy (non-hydrogen) atoms. The van der Waals surface area contributed by atoms with Crippen molar-refractivity contribution >= 4 is 15.9 Å². The monoisotopic (exact) mass is 430 g/mol. The van der Waals surface area contributed by atoms with Gasteiger partial charge in [-0.1, -0.05) is 30.7 Å². The van der Waals surface area contributed by atoms with Crippen molar-refractivity contribution in [2.24, 2.45) is 0 Å². The Balaban J connectivity index is 1.51. The van der Waals surface area contributed by atoms with Crippen LogP contribution in [-0.2, 0) is 27.8 Å². The fourth-order valence-corrected chi connectivity index (χ4v) is 5.12. The number of carbonyl (C=O) groups excluding carboxylic acids is 1. The van der Waals surface area contributed by atoms with Crippen LogP contribution in [-0.4, -0.2) is 38.3 Å². The van der Waals surface area contributed by atoms with Crippen LogP contribution in [0.4, 0.5) is 0 Å². The highest BCUT2D eigenvalue weighted by atomic mass is 32.2. The summed E-state index contributed by atoms with van der Waals surface area (Å²) in [6, 6.07) is 14.6. The molecule has 3 rings (SSSR count). The van der Waals surface area contributed by atoms with Crippen LogP contribution in [0, 0.1) is 0 Å². The molecule has 162 valence electrons. The Morgan fingerprint density at radius 2 is 1.77 bits per heavy atom. The highest BCUT2D eigenvalue weighted by molar-refractivity contribution is 7.89. The number of aryl methyl sites for hydroxylation is 1. The maximum Gasteiger partial charge on any atom is 0.243 e. The molecule has 7 heteroatoms. The summed E-state index contributed by atoms with van der Waals surface area (Å²) in [4.78, 5) is 12.5. The van der Waals surface area contributed by atoms with Gasteiger partial charge in [0.05, 0.1) is 11.5 Å². The van der Waals surface area contributed by atoms with Gasteiger partial charge in [-0.15, -0.1) is 0 Å². The highest BCUT2D eigenvalue weighted by Crippen LogP contribution is 2.21. The molecule has 1 fully saturated rings. The van der Waals surface area contributed by atoms with Gasteiger partial charge in [-0.3, -0.25) is 4.79 Å². The molecule has 0 atom stereocenters. The minimum Gasteiger partial charge on any atom is -0.494 e. The smallest absolute Gasteiger partial charge is 0.243 e. The molecule has 0 saturated carbocycles. The first-order valence-corrected chi connectivity index (χ1v) is 12.0. The lowest BCUT2D eigenvalue weighted by Gasteiger charge is -2.26. The summed E-state index contributed by atoms with van der Waals surface area (Å²) in [5, 5.41) is 2.89. The number of nitrogens with one attached hydrogen (secondary N) is 1. The van der Waals surface area contributed by atoms with Crippen molar-refractivity contribution in [1.29, 1.82) is 0 Å². The third-order valence-corrected chi connectivity index (χ3v) is 7.11. The van der Waals surface area contributed by atoms with Crippen LogP contribution in [0.2, 0.25) is 0 Å². The van der Waals surface area contributed by atoms with Gasteiger partial charge in [0.25, 0.3) is 0 Å². The number of ether oxygens (including phenoxy) is 1. The zero-order chi connectivity index (χ0) is 21.4. The van der Waals surface area contributed by atoms with Crippen molar-refractivity contribution in [3.63, 3.8) is 0 Å². The summed E-state index contributed by atoms with van der Waals surface area (Å²) in [6.07, 6.45) is 3.91. The van der Waals surface area contributed by atoms with E-state index in [9.17, 15) is 13.2 Å². The molecule has 1 heterocycles. The topological polar surface area (TPSA) is 75.7 Å². The Kier molecular flexibility index (Phi) is 7.87. The molecule has 1 amide bonds. The predicted octanol–water partition coefficient (Wildman–Crippen LogP) is 3.51. The van der Waals surface area contributed by atoms with E-state index in [0.29, 0.717) is 44.0 Å². The fraction of sp³-hybridized carbons (Fsp3) is 0.435. The van der Waals surface area contributed by atoms with Crippen LogP contribution >= 0.6 is 0 Å². The van der Waals surface area contributed by atoms with E-state index in [0.717, 1.165) is 36.1 Å². The van der Waals surface area contributed by atoms with Crippen LogP contribution in [0.3, 0.4) is 0 Å². The molecule has 0 spiro atoms. The Labute approximate surface area is 179 Å². The predicted molar refractivity (Wildman–Crippen MR) is 117 cm³/mol. The van der Waals surface area contributed by atoms with Crippen molar-refractivity contribution in [1.82, 2.24) is 9.62 Å². The van der Waals surface area contributed by atoms with Gasteiger partial charge >= 0.3 is 0 Å². The van der Waals surface area contributed by atoms with E-state index < -0.39 is 10.0 Å². The standard InChI is InChI=1S/C23H30N2O4S/c1-2-29-21-12-9-19(10-13-21)11-14-23(26)24-18-20-7-6-8-22(17-20)30(27,28)25-15-4-3-5-16-25/h6-10,12-13,17H,2-5,11,14-16,18H2,1H3,(H,24,26). The molecule has 0 bridgehead atoms. The van der Waals surface area contributed by atoms with Gasteiger partial charge < -0.3 is 10.1 Å². The average molecular weight is 431 g/mol. The van der Waals surface area contributed by atoms with Crippen molar-refractivity contribution in [3.8, 4) is 5.75 Å². The summed E-state index contributed by atoms with van der Waals surface area (Å²) in [5.74, 6) is 0.762. The SMILES string of the molecule is CCOc1ccc(CCC(=O)NCc2cccc(S(=O)(=O)N3CCCCC3)c2)cc1. The molecule has 2 aromatic carbocycles. The quantitative estimate of drug-likeness (QED) is 0.661. The molecule has 2 aromatic rings. The Hall–Kier alpha value is -2.38. The number of amides is 1. The van der Waals surface area contributed by atoms with Crippen LogP contribution in [0.15, 0.2) is 53.4 Å². The number of nitrogens with zero attached hydrogens (tertiary/aromatic N) is 1. The zero-order valence-corrected chi connectivity index (χ0v) is 18.3. The molecule has 1 saturated heterocycles. The largest absolute Gasteiger partial charge is 0.494 e. The maximum absolute atomic E-state index is 12.8. The van der Waals surface area contributed by atoms with Crippen LogP contribution < -0.4 is 10.1 Å². The molecular weight excluding hydrogens is 400 g/mol. The van der Waals surface area contributed by atoms with Crippen molar-refractivity contribution in [3.05, 3.63) is 59.7 Å². The maximum atomic E-state index is 12.8. The first kappa shape index (κ1) is 22.3. The van der Waals surface area contributed by atoms with E-state index >= 15 is 0 Å². The summed E-state index contributed by atoms with van der Waals surface area (Å²) in [6.45, 7) is 4.04. The number of hydrogen-bond donors (Lipinski definition) is 1. The van der Waals surface area contributed by atoms with Crippen LogP contribution in [0.25, 0.3) is 0 Å². The van der Waals surface area contributed by atoms with E-state index in [1.54, 1.807) is 22.5 Å². The van der Waals surface area contributed by atoms with E-state index in [1.165, 1.54) is 0 Å². The van der Waals surface area contributed by atoms with Crippen molar-refractivity contribution in [2.45, 2.75) is 50.5 Å². The highest BCUT2D eigenvalue weighted by Gasteiger charge is 2.25. The van der Waals surface area contributed by atoms with Gasteiger partial charge in [-0.05, 0) is 61.6 Å². The molecule has 0 aromatic heterocycles. The number of rotatable bonds is 9. The Morgan fingerprint density at radius 1 is 1.03 bits per heavy atom. The Morgan fingerprint density at radius 3 is 2.47 bits per heavy atom. The van der Waals surface area contributed by atoms with Crippen molar-refractivity contribution in [2.75, 3.05) is 19.7 Å². The third kappa shape index (κ3) is 6.06. The zero-order valence-electron chi connectivity index (χ0n) is 17.5. The minimum atomic E-state index is -3.47. The van der Waals surface area contributed by atoms with E-state index in [2.05, 4.69) is 5.32 Å².